The Morgan fingerprint density at radius 2 is 2.07 bits per heavy atom. The zero-order valence-electron chi connectivity index (χ0n) is 16.2. The number of thiophene rings is 1. The third kappa shape index (κ3) is 4.68. The van der Waals surface area contributed by atoms with Crippen LogP contribution in [-0.2, 0) is 4.79 Å². The van der Waals surface area contributed by atoms with Gasteiger partial charge in [-0.3, -0.25) is 9.36 Å². The number of carbonyl (C=O) groups is 1. The molecule has 0 spiro atoms. The topological polar surface area (TPSA) is 59.8 Å². The third-order valence-electron chi connectivity index (χ3n) is 5.15. The average molecular weight is 447 g/mol. The van der Waals surface area contributed by atoms with Crippen molar-refractivity contribution in [3.05, 3.63) is 51.7 Å². The summed E-state index contributed by atoms with van der Waals surface area (Å²) in [4.78, 5) is 13.6. The fourth-order valence-corrected chi connectivity index (χ4v) is 5.49. The maximum atomic E-state index is 12.5. The molecule has 1 aliphatic rings. The molecule has 5 nitrogen and oxygen atoms in total. The Morgan fingerprint density at radius 1 is 1.28 bits per heavy atom. The molecule has 1 aromatic carbocycles. The molecule has 1 amide bonds. The number of aromatic nitrogens is 3. The number of amides is 1. The van der Waals surface area contributed by atoms with Crippen molar-refractivity contribution >= 4 is 40.6 Å². The standard InChI is InChI=1S/C21H23ClN4OS2/c1-14(18-11-6-12-28-18)23-19(27)13-29-21-25-24-20(16-9-4-5-10-17(16)22)26(21)15-7-2-3-8-15/h4-6,9-12,14-15H,2-3,7-8,13H2,1H3,(H,23,27). The molecule has 0 bridgehead atoms. The summed E-state index contributed by atoms with van der Waals surface area (Å²) in [5.41, 5.74) is 0.885. The monoisotopic (exact) mass is 446 g/mol. The Kier molecular flexibility index (Phi) is 6.57. The highest BCUT2D eigenvalue weighted by atomic mass is 35.5. The number of nitrogens with one attached hydrogen (secondary N) is 1. The van der Waals surface area contributed by atoms with Crippen LogP contribution >= 0.6 is 34.7 Å². The highest BCUT2D eigenvalue weighted by Gasteiger charge is 2.26. The van der Waals surface area contributed by atoms with Crippen molar-refractivity contribution in [2.75, 3.05) is 5.75 Å². The van der Waals surface area contributed by atoms with E-state index in [-0.39, 0.29) is 11.9 Å². The van der Waals surface area contributed by atoms with Crippen molar-refractivity contribution in [1.82, 2.24) is 20.1 Å². The van der Waals surface area contributed by atoms with Crippen LogP contribution in [0.2, 0.25) is 5.02 Å². The van der Waals surface area contributed by atoms with Crippen LogP contribution in [0.4, 0.5) is 0 Å². The number of rotatable bonds is 7. The molecular formula is C21H23ClN4OS2. The van der Waals surface area contributed by atoms with E-state index in [1.54, 1.807) is 11.3 Å². The second kappa shape index (κ2) is 9.32. The van der Waals surface area contributed by atoms with E-state index in [1.807, 2.05) is 48.7 Å². The summed E-state index contributed by atoms with van der Waals surface area (Å²) in [7, 11) is 0. The number of hydrogen-bond donors (Lipinski definition) is 1. The molecule has 2 aromatic heterocycles. The molecule has 0 aliphatic heterocycles. The highest BCUT2D eigenvalue weighted by molar-refractivity contribution is 7.99. The van der Waals surface area contributed by atoms with Gasteiger partial charge in [0.15, 0.2) is 11.0 Å². The Bertz CT molecular complexity index is 967. The molecule has 152 valence electrons. The van der Waals surface area contributed by atoms with E-state index in [2.05, 4.69) is 20.1 Å². The molecule has 1 atom stereocenters. The predicted molar refractivity (Wildman–Crippen MR) is 120 cm³/mol. The van der Waals surface area contributed by atoms with Gasteiger partial charge < -0.3 is 5.32 Å². The average Bonchev–Trinajstić information content (AvgIpc) is 3.47. The molecule has 0 saturated heterocycles. The van der Waals surface area contributed by atoms with E-state index in [0.717, 1.165) is 34.3 Å². The summed E-state index contributed by atoms with van der Waals surface area (Å²) >= 11 is 9.52. The second-order valence-corrected chi connectivity index (χ2v) is 9.52. The summed E-state index contributed by atoms with van der Waals surface area (Å²) in [6, 6.07) is 12.1. The van der Waals surface area contributed by atoms with Crippen LogP contribution < -0.4 is 5.32 Å². The lowest BCUT2D eigenvalue weighted by Crippen LogP contribution is -2.27. The van der Waals surface area contributed by atoms with Gasteiger partial charge in [-0.1, -0.05) is 54.4 Å². The van der Waals surface area contributed by atoms with Crippen LogP contribution in [0.3, 0.4) is 0 Å². The van der Waals surface area contributed by atoms with Crippen LogP contribution in [0, 0.1) is 0 Å². The normalized spacial score (nSPS) is 15.5. The van der Waals surface area contributed by atoms with Gasteiger partial charge in [0.25, 0.3) is 0 Å². The van der Waals surface area contributed by atoms with Crippen molar-refractivity contribution in [3.8, 4) is 11.4 Å². The van der Waals surface area contributed by atoms with Gasteiger partial charge in [-0.05, 0) is 43.3 Å². The van der Waals surface area contributed by atoms with Gasteiger partial charge >= 0.3 is 0 Å². The number of benzene rings is 1. The van der Waals surface area contributed by atoms with Gasteiger partial charge in [0.1, 0.15) is 0 Å². The lowest BCUT2D eigenvalue weighted by molar-refractivity contribution is -0.119. The van der Waals surface area contributed by atoms with Crippen LogP contribution in [0.5, 0.6) is 0 Å². The molecule has 0 radical (unpaired) electrons. The minimum Gasteiger partial charge on any atom is -0.348 e. The zero-order valence-corrected chi connectivity index (χ0v) is 18.6. The maximum absolute atomic E-state index is 12.5. The summed E-state index contributed by atoms with van der Waals surface area (Å²) < 4.78 is 2.19. The first-order chi connectivity index (χ1) is 14.1. The molecule has 2 heterocycles. The van der Waals surface area contributed by atoms with Crippen LogP contribution in [0.25, 0.3) is 11.4 Å². The van der Waals surface area contributed by atoms with E-state index in [4.69, 9.17) is 11.6 Å². The Labute approximate surface area is 183 Å². The molecule has 3 aromatic rings. The van der Waals surface area contributed by atoms with E-state index in [1.165, 1.54) is 24.6 Å². The summed E-state index contributed by atoms with van der Waals surface area (Å²) in [6.45, 7) is 2.00. The molecule has 1 N–H and O–H groups in total. The SMILES string of the molecule is CC(NC(=O)CSc1nnc(-c2ccccc2Cl)n1C1CCCC1)c1cccs1. The van der Waals surface area contributed by atoms with Gasteiger partial charge in [-0.2, -0.15) is 0 Å². The van der Waals surface area contributed by atoms with Crippen LogP contribution in [0.15, 0.2) is 46.9 Å². The minimum absolute atomic E-state index is 0.00355. The first kappa shape index (κ1) is 20.4. The minimum atomic E-state index is -0.00355. The summed E-state index contributed by atoms with van der Waals surface area (Å²) in [5, 5.41) is 15.4. The molecular weight excluding hydrogens is 424 g/mol. The van der Waals surface area contributed by atoms with Gasteiger partial charge in [-0.25, -0.2) is 0 Å². The van der Waals surface area contributed by atoms with Crippen molar-refractivity contribution in [2.24, 2.45) is 0 Å². The van der Waals surface area contributed by atoms with Gasteiger partial charge in [0, 0.05) is 16.5 Å². The van der Waals surface area contributed by atoms with Crippen molar-refractivity contribution in [1.29, 1.82) is 0 Å². The molecule has 1 aliphatic carbocycles. The van der Waals surface area contributed by atoms with Crippen LogP contribution in [-0.4, -0.2) is 26.4 Å². The van der Waals surface area contributed by atoms with E-state index < -0.39 is 0 Å². The largest absolute Gasteiger partial charge is 0.348 e. The molecule has 1 unspecified atom stereocenters. The zero-order chi connectivity index (χ0) is 20.2. The molecule has 1 saturated carbocycles. The first-order valence-corrected chi connectivity index (χ1v) is 12.0. The van der Waals surface area contributed by atoms with Crippen molar-refractivity contribution < 1.29 is 4.79 Å². The number of thioether (sulfide) groups is 1. The Morgan fingerprint density at radius 3 is 2.79 bits per heavy atom. The molecule has 1 fully saturated rings. The molecule has 8 heteroatoms. The smallest absolute Gasteiger partial charge is 0.230 e. The second-order valence-electron chi connectivity index (χ2n) is 7.19. The fourth-order valence-electron chi connectivity index (χ4n) is 3.72. The Balaban J connectivity index is 1.51. The number of halogens is 1. The van der Waals surface area contributed by atoms with Gasteiger partial charge in [0.05, 0.1) is 16.8 Å². The number of nitrogens with zero attached hydrogens (tertiary/aromatic N) is 3. The van der Waals surface area contributed by atoms with Crippen molar-refractivity contribution in [3.63, 3.8) is 0 Å². The quantitative estimate of drug-likeness (QED) is 0.470. The highest BCUT2D eigenvalue weighted by Crippen LogP contribution is 2.38. The van der Waals surface area contributed by atoms with Crippen molar-refractivity contribution in [2.45, 2.75) is 49.8 Å². The molecule has 4 rings (SSSR count). The third-order valence-corrected chi connectivity index (χ3v) is 7.48. The summed E-state index contributed by atoms with van der Waals surface area (Å²) in [6.07, 6.45) is 4.61. The first-order valence-electron chi connectivity index (χ1n) is 9.79. The fraction of sp³-hybridized carbons (Fsp3) is 0.381. The lowest BCUT2D eigenvalue weighted by atomic mass is 10.2. The Hall–Kier alpha value is -1.83. The van der Waals surface area contributed by atoms with Gasteiger partial charge in [-0.15, -0.1) is 21.5 Å². The predicted octanol–water partition coefficient (Wildman–Crippen LogP) is 5.74. The number of hydrogen-bond acceptors (Lipinski definition) is 5. The van der Waals surface area contributed by atoms with Crippen LogP contribution in [0.1, 0.15) is 49.6 Å². The van der Waals surface area contributed by atoms with Gasteiger partial charge in [0.2, 0.25) is 5.91 Å². The number of carbonyl (C=O) groups excluding carboxylic acids is 1. The molecule has 29 heavy (non-hydrogen) atoms. The summed E-state index contributed by atoms with van der Waals surface area (Å²) in [5.74, 6) is 1.09. The van der Waals surface area contributed by atoms with E-state index in [0.29, 0.717) is 16.8 Å². The maximum Gasteiger partial charge on any atom is 0.230 e. The lowest BCUT2D eigenvalue weighted by Gasteiger charge is -2.17. The van der Waals surface area contributed by atoms with E-state index in [9.17, 15) is 4.79 Å². The van der Waals surface area contributed by atoms with E-state index >= 15 is 0 Å².